The third-order valence-electron chi connectivity index (χ3n) is 9.29. The Balaban J connectivity index is 0.975. The van der Waals surface area contributed by atoms with Gasteiger partial charge in [0, 0.05) is 29.3 Å². The summed E-state index contributed by atoms with van der Waals surface area (Å²) in [5, 5.41) is 10.7. The van der Waals surface area contributed by atoms with Gasteiger partial charge in [-0.2, -0.15) is 9.40 Å². The number of sulfonamides is 1. The van der Waals surface area contributed by atoms with Gasteiger partial charge in [-0.25, -0.2) is 22.9 Å². The number of carbonyl (C=O) groups is 1. The van der Waals surface area contributed by atoms with Gasteiger partial charge >= 0.3 is 6.03 Å². The molecule has 2 aromatic carbocycles. The number of nitrogens with one attached hydrogen (secondary N) is 2. The molecule has 250 valence electrons. The van der Waals surface area contributed by atoms with E-state index in [4.69, 9.17) is 9.52 Å². The minimum atomic E-state index is -3.59. The molecule has 0 radical (unpaired) electrons. The van der Waals surface area contributed by atoms with Gasteiger partial charge in [0.2, 0.25) is 0 Å². The zero-order valence-electron chi connectivity index (χ0n) is 27.5. The number of rotatable bonds is 8. The minimum Gasteiger partial charge on any atom is -0.443 e. The van der Waals surface area contributed by atoms with E-state index in [1.54, 1.807) is 27.3 Å². The van der Waals surface area contributed by atoms with Crippen molar-refractivity contribution in [2.45, 2.75) is 81.5 Å². The second-order valence-electron chi connectivity index (χ2n) is 13.9. The molecule has 48 heavy (non-hydrogen) atoms. The van der Waals surface area contributed by atoms with Gasteiger partial charge in [-0.15, -0.1) is 11.3 Å². The number of piperidine rings is 1. The summed E-state index contributed by atoms with van der Waals surface area (Å²) in [6.07, 6.45) is 7.27. The van der Waals surface area contributed by atoms with Gasteiger partial charge < -0.3 is 9.73 Å². The Hall–Kier alpha value is -4.26. The minimum absolute atomic E-state index is 0.00589. The molecule has 2 aliphatic heterocycles. The summed E-state index contributed by atoms with van der Waals surface area (Å²) in [4.78, 5) is 17.8. The molecule has 2 N–H and O–H groups in total. The number of aromatic nitrogens is 3. The highest BCUT2D eigenvalue weighted by Crippen LogP contribution is 2.44. The molecule has 0 saturated carbocycles. The van der Waals surface area contributed by atoms with Gasteiger partial charge in [-0.05, 0) is 86.9 Å². The maximum atomic E-state index is 13.7. The number of hydrogen-bond acceptors (Lipinski definition) is 7. The summed E-state index contributed by atoms with van der Waals surface area (Å²) in [6.45, 7) is 8.32. The van der Waals surface area contributed by atoms with E-state index < -0.39 is 10.0 Å². The first kappa shape index (κ1) is 32.3. The average Bonchev–Trinajstić information content (AvgIpc) is 3.85. The molecule has 2 saturated heterocycles. The van der Waals surface area contributed by atoms with Crippen molar-refractivity contribution < 1.29 is 17.6 Å². The first-order valence-electron chi connectivity index (χ1n) is 16.3. The number of aryl methyl sites for hydroxylation is 1. The number of urea groups is 1. The number of thiophene rings is 1. The highest BCUT2D eigenvalue weighted by molar-refractivity contribution is 7.91. The fourth-order valence-corrected chi connectivity index (χ4v) is 10.1. The van der Waals surface area contributed by atoms with Gasteiger partial charge in [-0.1, -0.05) is 50.6 Å². The summed E-state index contributed by atoms with van der Waals surface area (Å²) in [6, 6.07) is 21.0. The number of amides is 2. The number of fused-ring (bicyclic) bond motifs is 2. The van der Waals surface area contributed by atoms with Crippen LogP contribution in [0.25, 0.3) is 16.3 Å². The van der Waals surface area contributed by atoms with Crippen molar-refractivity contribution in [3.8, 4) is 16.3 Å². The molecular formula is C36H40N6O4S2. The number of nitrogens with zero attached hydrogens (tertiary/aromatic N) is 4. The van der Waals surface area contributed by atoms with Crippen LogP contribution in [0.2, 0.25) is 0 Å². The van der Waals surface area contributed by atoms with Crippen LogP contribution in [0.4, 0.5) is 16.3 Å². The van der Waals surface area contributed by atoms with E-state index in [-0.39, 0.29) is 23.5 Å². The lowest BCUT2D eigenvalue weighted by atomic mass is 9.87. The Bertz CT molecular complexity index is 2000. The van der Waals surface area contributed by atoms with Crippen LogP contribution in [0.3, 0.4) is 0 Å². The summed E-state index contributed by atoms with van der Waals surface area (Å²) in [7, 11) is -3.59. The molecule has 5 aromatic rings. The van der Waals surface area contributed by atoms with Gasteiger partial charge in [0.1, 0.15) is 10.0 Å². The van der Waals surface area contributed by atoms with Crippen molar-refractivity contribution in [3.05, 3.63) is 96.1 Å². The summed E-state index contributed by atoms with van der Waals surface area (Å²) >= 11 is 1.23. The molecule has 0 aliphatic carbocycles. The molecule has 5 heterocycles. The first-order valence-corrected chi connectivity index (χ1v) is 18.6. The van der Waals surface area contributed by atoms with E-state index in [1.165, 1.54) is 23.3 Å². The molecule has 3 aromatic heterocycles. The van der Waals surface area contributed by atoms with Crippen LogP contribution in [0.1, 0.15) is 63.3 Å². The van der Waals surface area contributed by atoms with Crippen molar-refractivity contribution in [1.29, 1.82) is 0 Å². The second-order valence-corrected chi connectivity index (χ2v) is 17.1. The number of carbonyl (C=O) groups excluding carboxylic acids is 1. The Kier molecular flexibility index (Phi) is 8.51. The maximum Gasteiger partial charge on any atom is 0.324 e. The van der Waals surface area contributed by atoms with Crippen LogP contribution in [0, 0.1) is 12.8 Å². The van der Waals surface area contributed by atoms with Crippen molar-refractivity contribution >= 4 is 38.9 Å². The van der Waals surface area contributed by atoms with Gasteiger partial charge in [0.25, 0.3) is 10.0 Å². The number of hydrogen-bond donors (Lipinski definition) is 2. The van der Waals surface area contributed by atoms with Crippen LogP contribution in [-0.2, 0) is 21.9 Å². The monoisotopic (exact) mass is 684 g/mol. The van der Waals surface area contributed by atoms with Crippen LogP contribution in [-0.4, -0.2) is 45.6 Å². The SMILES string of the molecule is Cc1ccc(-n2nc(C(C)(C)C)cc2NC(=O)Nc2ccc(CC3CC4CCC(C3)N4S(=O)(=O)c3ccc(-c4cnco4)s3)cc2)cc1. The van der Waals surface area contributed by atoms with Gasteiger partial charge in [0.15, 0.2) is 12.2 Å². The second kappa shape index (κ2) is 12.6. The third-order valence-corrected chi connectivity index (χ3v) is 12.9. The van der Waals surface area contributed by atoms with E-state index in [0.717, 1.165) is 53.9 Å². The third kappa shape index (κ3) is 6.56. The van der Waals surface area contributed by atoms with E-state index in [0.29, 0.717) is 27.4 Å². The Morgan fingerprint density at radius 3 is 2.33 bits per heavy atom. The van der Waals surface area contributed by atoms with Crippen molar-refractivity contribution in [2.24, 2.45) is 5.92 Å². The summed E-state index contributed by atoms with van der Waals surface area (Å²) < 4.78 is 36.7. The lowest BCUT2D eigenvalue weighted by Crippen LogP contribution is -2.46. The van der Waals surface area contributed by atoms with E-state index in [9.17, 15) is 13.2 Å². The largest absolute Gasteiger partial charge is 0.443 e. The quantitative estimate of drug-likeness (QED) is 0.171. The Morgan fingerprint density at radius 1 is 0.979 bits per heavy atom. The smallest absolute Gasteiger partial charge is 0.324 e. The van der Waals surface area contributed by atoms with E-state index in [2.05, 4.69) is 36.4 Å². The zero-order valence-corrected chi connectivity index (χ0v) is 29.1. The van der Waals surface area contributed by atoms with Crippen LogP contribution in [0.15, 0.2) is 87.9 Å². The molecule has 2 fully saturated rings. The van der Waals surface area contributed by atoms with Gasteiger partial charge in [0.05, 0.1) is 22.5 Å². The lowest BCUT2D eigenvalue weighted by molar-refractivity contribution is 0.190. The topological polar surface area (TPSA) is 122 Å². The standard InChI is InChI=1S/C36H40N6O4S2/c1-23-5-11-27(12-6-23)41-33(20-32(40-41)36(2,3)4)39-35(43)38-26-9-7-24(8-10-26)17-25-18-28-13-14-29(19-25)42(28)48(44,45)34-16-15-31(47-34)30-21-37-22-46-30/h5-12,15-16,20-22,25,28-29H,13-14,17-19H2,1-4H3,(H2,38,39,43). The number of benzene rings is 2. The molecule has 7 rings (SSSR count). The summed E-state index contributed by atoms with van der Waals surface area (Å²) in [5.74, 6) is 1.56. The molecule has 2 bridgehead atoms. The maximum absolute atomic E-state index is 13.7. The number of anilines is 2. The molecule has 2 aliphatic rings. The normalized spacial score (nSPS) is 19.8. The highest BCUT2D eigenvalue weighted by Gasteiger charge is 2.47. The molecule has 2 amide bonds. The highest BCUT2D eigenvalue weighted by atomic mass is 32.2. The Morgan fingerprint density at radius 2 is 1.69 bits per heavy atom. The van der Waals surface area contributed by atoms with Crippen LogP contribution < -0.4 is 10.6 Å². The van der Waals surface area contributed by atoms with E-state index in [1.807, 2.05) is 61.5 Å². The lowest BCUT2D eigenvalue weighted by Gasteiger charge is -2.37. The molecule has 10 nitrogen and oxygen atoms in total. The predicted molar refractivity (Wildman–Crippen MR) is 188 cm³/mol. The zero-order chi connectivity index (χ0) is 33.6. The molecule has 2 unspecified atom stereocenters. The Labute approximate surface area is 285 Å². The summed E-state index contributed by atoms with van der Waals surface area (Å²) in [5.41, 5.74) is 4.57. The van der Waals surface area contributed by atoms with Crippen molar-refractivity contribution in [3.63, 3.8) is 0 Å². The van der Waals surface area contributed by atoms with Crippen LogP contribution >= 0.6 is 11.3 Å². The van der Waals surface area contributed by atoms with Crippen molar-refractivity contribution in [1.82, 2.24) is 19.1 Å². The predicted octanol–water partition coefficient (Wildman–Crippen LogP) is 8.01. The molecular weight excluding hydrogens is 645 g/mol. The van der Waals surface area contributed by atoms with Gasteiger partial charge in [-0.3, -0.25) is 5.32 Å². The molecule has 2 atom stereocenters. The molecule has 0 spiro atoms. The first-order chi connectivity index (χ1) is 22.9. The fraction of sp³-hybridized carbons (Fsp3) is 0.361. The van der Waals surface area contributed by atoms with E-state index >= 15 is 0 Å². The van der Waals surface area contributed by atoms with Crippen LogP contribution in [0.5, 0.6) is 0 Å². The average molecular weight is 685 g/mol. The molecule has 12 heteroatoms. The number of oxazole rings is 1. The van der Waals surface area contributed by atoms with Crippen molar-refractivity contribution in [2.75, 3.05) is 10.6 Å². The fourth-order valence-electron chi connectivity index (χ4n) is 6.89.